The fourth-order valence-electron chi connectivity index (χ4n) is 0.441. The Labute approximate surface area is 53.1 Å². The van der Waals surface area contributed by atoms with Crippen molar-refractivity contribution in [2.24, 2.45) is 5.18 Å². The van der Waals surface area contributed by atoms with Crippen molar-refractivity contribution in [3.63, 3.8) is 0 Å². The highest BCUT2D eigenvalue weighted by Crippen LogP contribution is 2.09. The molecule has 0 spiro atoms. The van der Waals surface area contributed by atoms with E-state index >= 15 is 0 Å². The van der Waals surface area contributed by atoms with Gasteiger partial charge in [-0.25, -0.2) is 0 Å². The zero-order valence-corrected chi connectivity index (χ0v) is 5.24. The van der Waals surface area contributed by atoms with E-state index in [9.17, 15) is 4.91 Å². The van der Waals surface area contributed by atoms with E-state index in [1.807, 2.05) is 0 Å². The van der Waals surface area contributed by atoms with Crippen LogP contribution in [0.25, 0.3) is 0 Å². The van der Waals surface area contributed by atoms with Crippen LogP contribution in [-0.2, 0) is 9.47 Å². The van der Waals surface area contributed by atoms with Crippen molar-refractivity contribution in [2.45, 2.75) is 19.3 Å². The van der Waals surface area contributed by atoms with Gasteiger partial charge in [0.1, 0.15) is 6.10 Å². The van der Waals surface area contributed by atoms with E-state index in [-0.39, 0.29) is 6.10 Å². The molecule has 0 aromatic carbocycles. The Kier molecular flexibility index (Phi) is 2.13. The molecule has 0 saturated carbocycles. The molecule has 0 aliphatic carbocycles. The van der Waals surface area contributed by atoms with Gasteiger partial charge in [0.05, 0.1) is 13.2 Å². The van der Waals surface area contributed by atoms with Crippen molar-refractivity contribution >= 4 is 0 Å². The van der Waals surface area contributed by atoms with E-state index in [2.05, 4.69) is 5.18 Å². The van der Waals surface area contributed by atoms with Crippen LogP contribution in [0.15, 0.2) is 5.18 Å². The molecule has 1 aliphatic heterocycles. The average molecular weight is 131 g/mol. The normalized spacial score (nSPS) is 27.4. The summed E-state index contributed by atoms with van der Waals surface area (Å²) in [6.45, 7) is 2.86. The van der Waals surface area contributed by atoms with Gasteiger partial charge in [-0.15, -0.1) is 4.91 Å². The molecule has 1 fully saturated rings. The summed E-state index contributed by atoms with van der Waals surface area (Å²) in [6.07, 6.45) is -0.316. The second-order valence-electron chi connectivity index (χ2n) is 1.99. The van der Waals surface area contributed by atoms with E-state index in [0.29, 0.717) is 6.61 Å². The summed E-state index contributed by atoms with van der Waals surface area (Å²) in [4.78, 5) is 9.72. The Hall–Kier alpha value is -0.480. The third kappa shape index (κ3) is 2.53. The molecule has 1 saturated heterocycles. The van der Waals surface area contributed by atoms with Crippen molar-refractivity contribution in [1.82, 2.24) is 0 Å². The number of hydrogen-bond acceptors (Lipinski definition) is 4. The topological polar surface area (TPSA) is 51.2 Å². The first-order valence-corrected chi connectivity index (χ1v) is 2.88. The zero-order valence-electron chi connectivity index (χ0n) is 5.24. The van der Waals surface area contributed by atoms with Crippen LogP contribution in [0.5, 0.6) is 0 Å². The molecule has 0 bridgehead atoms. The Balaban J connectivity index is 1.95. The number of epoxide rings is 1. The molecule has 1 heterocycles. The Morgan fingerprint density at radius 3 is 3.11 bits per heavy atom. The monoisotopic (exact) mass is 131 g/mol. The van der Waals surface area contributed by atoms with Gasteiger partial charge in [0.15, 0.2) is 6.23 Å². The van der Waals surface area contributed by atoms with Gasteiger partial charge in [-0.05, 0) is 12.1 Å². The lowest BCUT2D eigenvalue weighted by Gasteiger charge is -2.00. The maximum atomic E-state index is 9.72. The molecule has 0 aromatic rings. The van der Waals surface area contributed by atoms with Crippen molar-refractivity contribution in [1.29, 1.82) is 0 Å². The van der Waals surface area contributed by atoms with Gasteiger partial charge in [0.25, 0.3) is 0 Å². The van der Waals surface area contributed by atoms with Crippen LogP contribution in [0.3, 0.4) is 0 Å². The lowest BCUT2D eigenvalue weighted by molar-refractivity contribution is 0.0592. The highest BCUT2D eigenvalue weighted by Gasteiger charge is 2.23. The van der Waals surface area contributed by atoms with Gasteiger partial charge in [0, 0.05) is 0 Å². The number of hydrogen-bond donors (Lipinski definition) is 0. The van der Waals surface area contributed by atoms with Crippen molar-refractivity contribution in [3.05, 3.63) is 4.91 Å². The van der Waals surface area contributed by atoms with Gasteiger partial charge in [-0.2, -0.15) is 0 Å². The first kappa shape index (κ1) is 6.64. The first-order valence-electron chi connectivity index (χ1n) is 2.88. The molecule has 1 aliphatic rings. The van der Waals surface area contributed by atoms with Crippen molar-refractivity contribution < 1.29 is 9.47 Å². The summed E-state index contributed by atoms with van der Waals surface area (Å²) >= 11 is 0. The fraction of sp³-hybridized carbons (Fsp3) is 1.00. The van der Waals surface area contributed by atoms with Crippen LogP contribution in [0.4, 0.5) is 0 Å². The summed E-state index contributed by atoms with van der Waals surface area (Å²) in [7, 11) is 0. The minimum atomic E-state index is -0.533. The average Bonchev–Trinajstić information content (AvgIpc) is 2.65. The predicted molar refractivity (Wildman–Crippen MR) is 30.9 cm³/mol. The van der Waals surface area contributed by atoms with Crippen LogP contribution in [0, 0.1) is 4.91 Å². The van der Waals surface area contributed by atoms with E-state index in [1.165, 1.54) is 0 Å². The molecule has 2 atom stereocenters. The molecule has 52 valence electrons. The van der Waals surface area contributed by atoms with E-state index in [0.717, 1.165) is 6.61 Å². The standard InChI is InChI=1S/C5H9NO3/c1-4(6-7)8-2-5-3-9-5/h4-5H,2-3H2,1H3. The van der Waals surface area contributed by atoms with Crippen LogP contribution >= 0.6 is 0 Å². The summed E-state index contributed by atoms with van der Waals surface area (Å²) in [6, 6.07) is 0. The van der Waals surface area contributed by atoms with Gasteiger partial charge in [0.2, 0.25) is 0 Å². The van der Waals surface area contributed by atoms with Crippen molar-refractivity contribution in [3.8, 4) is 0 Å². The fourth-order valence-corrected chi connectivity index (χ4v) is 0.441. The highest BCUT2D eigenvalue weighted by atomic mass is 16.6. The number of nitroso groups, excluding NO2 is 1. The number of rotatable bonds is 4. The van der Waals surface area contributed by atoms with Gasteiger partial charge < -0.3 is 9.47 Å². The van der Waals surface area contributed by atoms with E-state index < -0.39 is 6.23 Å². The van der Waals surface area contributed by atoms with Crippen LogP contribution in [-0.4, -0.2) is 25.5 Å². The molecule has 2 unspecified atom stereocenters. The quantitative estimate of drug-likeness (QED) is 0.412. The maximum absolute atomic E-state index is 9.72. The Bertz CT molecular complexity index is 102. The molecule has 1 rings (SSSR count). The second-order valence-corrected chi connectivity index (χ2v) is 1.99. The summed E-state index contributed by atoms with van der Waals surface area (Å²) < 4.78 is 9.75. The van der Waals surface area contributed by atoms with E-state index in [1.54, 1.807) is 6.92 Å². The van der Waals surface area contributed by atoms with Crippen molar-refractivity contribution in [2.75, 3.05) is 13.2 Å². The molecule has 4 heteroatoms. The third-order valence-corrected chi connectivity index (χ3v) is 1.07. The molecular formula is C5H9NO3. The molecule has 0 aromatic heterocycles. The zero-order chi connectivity index (χ0) is 6.69. The Morgan fingerprint density at radius 2 is 2.67 bits per heavy atom. The van der Waals surface area contributed by atoms with Gasteiger partial charge >= 0.3 is 0 Å². The molecule has 4 nitrogen and oxygen atoms in total. The summed E-state index contributed by atoms with van der Waals surface area (Å²) in [5.41, 5.74) is 0. The lowest BCUT2D eigenvalue weighted by atomic mass is 10.5. The van der Waals surface area contributed by atoms with Crippen LogP contribution in [0.2, 0.25) is 0 Å². The minimum Gasteiger partial charge on any atom is -0.371 e. The van der Waals surface area contributed by atoms with Gasteiger partial charge in [-0.1, -0.05) is 0 Å². The van der Waals surface area contributed by atoms with Crippen LogP contribution < -0.4 is 0 Å². The summed E-state index contributed by atoms with van der Waals surface area (Å²) in [5.74, 6) is 0. The molecule has 0 radical (unpaired) electrons. The number of nitrogens with zero attached hydrogens (tertiary/aromatic N) is 1. The largest absolute Gasteiger partial charge is 0.371 e. The predicted octanol–water partition coefficient (Wildman–Crippen LogP) is 0.514. The maximum Gasteiger partial charge on any atom is 0.186 e. The molecule has 9 heavy (non-hydrogen) atoms. The highest BCUT2D eigenvalue weighted by molar-refractivity contribution is 4.67. The smallest absolute Gasteiger partial charge is 0.186 e. The Morgan fingerprint density at radius 1 is 2.00 bits per heavy atom. The lowest BCUT2D eigenvalue weighted by Crippen LogP contribution is -2.08. The first-order chi connectivity index (χ1) is 4.33. The van der Waals surface area contributed by atoms with E-state index in [4.69, 9.17) is 9.47 Å². The number of ether oxygens (including phenoxy) is 2. The molecular weight excluding hydrogens is 122 g/mol. The SMILES string of the molecule is CC(N=O)OCC1CO1. The van der Waals surface area contributed by atoms with Gasteiger partial charge in [-0.3, -0.25) is 0 Å². The third-order valence-electron chi connectivity index (χ3n) is 1.07. The second kappa shape index (κ2) is 2.89. The molecule has 0 amide bonds. The summed E-state index contributed by atoms with van der Waals surface area (Å²) in [5, 5.41) is 2.66. The van der Waals surface area contributed by atoms with Crippen LogP contribution in [0.1, 0.15) is 6.92 Å². The molecule has 0 N–H and O–H groups in total. The minimum absolute atomic E-state index is 0.217.